The van der Waals surface area contributed by atoms with E-state index in [1.807, 2.05) is 24.3 Å². The second-order valence-corrected chi connectivity index (χ2v) is 5.55. The number of H-pyrrole nitrogens is 1. The Kier molecular flexibility index (Phi) is 4.35. The fourth-order valence-electron chi connectivity index (χ4n) is 2.34. The first-order chi connectivity index (χ1) is 11.5. The molecule has 0 fully saturated rings. The second-order valence-electron chi connectivity index (χ2n) is 5.12. The number of fused-ring (bicyclic) bond motifs is 1. The topological polar surface area (TPSA) is 82.2 Å². The molecule has 0 atom stereocenters. The van der Waals surface area contributed by atoms with E-state index in [1.165, 1.54) is 12.1 Å². The highest BCUT2D eigenvalue weighted by molar-refractivity contribution is 6.31. The number of halogens is 1. The van der Waals surface area contributed by atoms with E-state index in [9.17, 15) is 14.7 Å². The van der Waals surface area contributed by atoms with Crippen LogP contribution in [0, 0.1) is 0 Å². The summed E-state index contributed by atoms with van der Waals surface area (Å²) in [5, 5.41) is 13.1. The van der Waals surface area contributed by atoms with E-state index < -0.39 is 11.9 Å². The van der Waals surface area contributed by atoms with Crippen molar-refractivity contribution in [3.05, 3.63) is 76.6 Å². The van der Waals surface area contributed by atoms with Gasteiger partial charge >= 0.3 is 5.97 Å². The molecule has 0 bridgehead atoms. The van der Waals surface area contributed by atoms with Gasteiger partial charge in [-0.25, -0.2) is 4.79 Å². The number of hydrogen-bond acceptors (Lipinski definition) is 2. The Morgan fingerprint density at radius 2 is 1.92 bits per heavy atom. The highest BCUT2D eigenvalue weighted by Gasteiger charge is 2.14. The van der Waals surface area contributed by atoms with Crippen LogP contribution in [0.3, 0.4) is 0 Å². The lowest BCUT2D eigenvalue weighted by Crippen LogP contribution is -2.27. The van der Waals surface area contributed by atoms with Crippen LogP contribution >= 0.6 is 11.6 Å². The highest BCUT2D eigenvalue weighted by Crippen LogP contribution is 2.20. The molecule has 1 aromatic heterocycles. The molecular formula is C18H13ClN2O3. The van der Waals surface area contributed by atoms with Crippen LogP contribution in [-0.2, 0) is 4.79 Å². The van der Waals surface area contributed by atoms with E-state index in [0.29, 0.717) is 10.6 Å². The van der Waals surface area contributed by atoms with Crippen molar-refractivity contribution >= 4 is 40.5 Å². The Hall–Kier alpha value is -3.05. The molecule has 3 N–H and O–H groups in total. The summed E-state index contributed by atoms with van der Waals surface area (Å²) >= 11 is 5.85. The fraction of sp³-hybridized carbons (Fsp3) is 0. The average Bonchev–Trinajstić information content (AvgIpc) is 2.97. The first kappa shape index (κ1) is 15.8. The van der Waals surface area contributed by atoms with Crippen LogP contribution < -0.4 is 5.32 Å². The van der Waals surface area contributed by atoms with E-state index in [0.717, 1.165) is 10.9 Å². The fourth-order valence-corrected chi connectivity index (χ4v) is 2.53. The van der Waals surface area contributed by atoms with Crippen molar-refractivity contribution in [2.45, 2.75) is 0 Å². The van der Waals surface area contributed by atoms with E-state index in [4.69, 9.17) is 11.6 Å². The van der Waals surface area contributed by atoms with Crippen LogP contribution in [-0.4, -0.2) is 22.0 Å². The minimum Gasteiger partial charge on any atom is -0.477 e. The minimum atomic E-state index is -1.23. The maximum atomic E-state index is 12.2. The number of aromatic amines is 1. The summed E-state index contributed by atoms with van der Waals surface area (Å²) in [5.74, 6) is -1.76. The molecule has 0 spiro atoms. The molecule has 0 radical (unpaired) electrons. The van der Waals surface area contributed by atoms with Crippen molar-refractivity contribution in [1.82, 2.24) is 10.3 Å². The quantitative estimate of drug-likeness (QED) is 0.634. The first-order valence-electron chi connectivity index (χ1n) is 7.12. The zero-order chi connectivity index (χ0) is 17.1. The lowest BCUT2D eigenvalue weighted by molar-refractivity contribution is -0.132. The van der Waals surface area contributed by atoms with Gasteiger partial charge in [0.1, 0.15) is 5.70 Å². The molecule has 120 valence electrons. The van der Waals surface area contributed by atoms with Gasteiger partial charge in [-0.3, -0.25) is 4.79 Å². The predicted molar refractivity (Wildman–Crippen MR) is 92.8 cm³/mol. The molecule has 1 amide bonds. The zero-order valence-corrected chi connectivity index (χ0v) is 13.2. The number of carboxylic acids is 1. The van der Waals surface area contributed by atoms with Crippen molar-refractivity contribution < 1.29 is 14.7 Å². The summed E-state index contributed by atoms with van der Waals surface area (Å²) in [6, 6.07) is 13.8. The number of amides is 1. The molecule has 0 aliphatic heterocycles. The largest absolute Gasteiger partial charge is 0.477 e. The van der Waals surface area contributed by atoms with Gasteiger partial charge in [0.2, 0.25) is 0 Å². The summed E-state index contributed by atoms with van der Waals surface area (Å²) < 4.78 is 0. The number of carboxylic acid groups (broad SMARTS) is 1. The number of aliphatic carboxylic acids is 1. The molecule has 24 heavy (non-hydrogen) atoms. The van der Waals surface area contributed by atoms with Crippen LogP contribution in [0.2, 0.25) is 5.02 Å². The number of rotatable bonds is 4. The first-order valence-corrected chi connectivity index (χ1v) is 7.50. The van der Waals surface area contributed by atoms with Crippen LogP contribution in [0.25, 0.3) is 17.0 Å². The van der Waals surface area contributed by atoms with E-state index in [1.54, 1.807) is 24.4 Å². The molecule has 6 heteroatoms. The predicted octanol–water partition coefficient (Wildman–Crippen LogP) is 3.68. The molecule has 0 saturated carbocycles. The standard InChI is InChI=1S/C18H13ClN2O3/c19-13-5-3-4-11(8-13)17(22)21-16(18(23)24)9-12-10-20-15-7-2-1-6-14(12)15/h1-10,20H,(H,21,22)(H,23,24). The second kappa shape index (κ2) is 6.60. The molecule has 5 nitrogen and oxygen atoms in total. The zero-order valence-electron chi connectivity index (χ0n) is 12.4. The summed E-state index contributed by atoms with van der Waals surface area (Å²) in [7, 11) is 0. The summed E-state index contributed by atoms with van der Waals surface area (Å²) in [5.41, 5.74) is 1.63. The molecule has 1 heterocycles. The third-order valence-corrected chi connectivity index (χ3v) is 3.72. The van der Waals surface area contributed by atoms with Crippen molar-refractivity contribution in [1.29, 1.82) is 0 Å². The van der Waals surface area contributed by atoms with Crippen molar-refractivity contribution in [3.63, 3.8) is 0 Å². The Labute approximate surface area is 142 Å². The van der Waals surface area contributed by atoms with Crippen molar-refractivity contribution in [3.8, 4) is 0 Å². The summed E-state index contributed by atoms with van der Waals surface area (Å²) in [4.78, 5) is 26.8. The molecule has 0 aliphatic carbocycles. The van der Waals surface area contributed by atoms with E-state index in [2.05, 4.69) is 10.3 Å². The Balaban J connectivity index is 1.93. The molecule has 3 rings (SSSR count). The van der Waals surface area contributed by atoms with Gasteiger partial charge in [0.05, 0.1) is 0 Å². The van der Waals surface area contributed by atoms with Gasteiger partial charge in [0, 0.05) is 33.2 Å². The van der Waals surface area contributed by atoms with E-state index >= 15 is 0 Å². The lowest BCUT2D eigenvalue weighted by atomic mass is 10.1. The van der Waals surface area contributed by atoms with Crippen LogP contribution in [0.1, 0.15) is 15.9 Å². The smallest absolute Gasteiger partial charge is 0.352 e. The van der Waals surface area contributed by atoms with Gasteiger partial charge < -0.3 is 15.4 Å². The van der Waals surface area contributed by atoms with Gasteiger partial charge in [-0.2, -0.15) is 0 Å². The number of benzene rings is 2. The Bertz CT molecular complexity index is 960. The normalized spacial score (nSPS) is 11.5. The molecule has 0 aliphatic rings. The third-order valence-electron chi connectivity index (χ3n) is 3.49. The number of carbonyl (C=O) groups excluding carboxylic acids is 1. The summed E-state index contributed by atoms with van der Waals surface area (Å²) in [6.07, 6.45) is 3.11. The van der Waals surface area contributed by atoms with Gasteiger partial charge in [-0.05, 0) is 30.3 Å². The van der Waals surface area contributed by atoms with Crippen molar-refractivity contribution in [2.24, 2.45) is 0 Å². The van der Waals surface area contributed by atoms with Gasteiger partial charge in [0.15, 0.2) is 0 Å². The number of hydrogen-bond donors (Lipinski definition) is 3. The maximum Gasteiger partial charge on any atom is 0.352 e. The Morgan fingerprint density at radius 1 is 1.12 bits per heavy atom. The third kappa shape index (κ3) is 3.31. The SMILES string of the molecule is O=C(O)C(=Cc1c[nH]c2ccccc12)NC(=O)c1cccc(Cl)c1. The van der Waals surface area contributed by atoms with Crippen LogP contribution in [0.4, 0.5) is 0 Å². The van der Waals surface area contributed by atoms with Crippen LogP contribution in [0.5, 0.6) is 0 Å². The molecule has 3 aromatic rings. The lowest BCUT2D eigenvalue weighted by Gasteiger charge is -2.06. The Morgan fingerprint density at radius 3 is 2.67 bits per heavy atom. The number of carbonyl (C=O) groups is 2. The maximum absolute atomic E-state index is 12.2. The van der Waals surface area contributed by atoms with Gasteiger partial charge in [-0.15, -0.1) is 0 Å². The highest BCUT2D eigenvalue weighted by atomic mass is 35.5. The molecule has 2 aromatic carbocycles. The monoisotopic (exact) mass is 340 g/mol. The van der Waals surface area contributed by atoms with Gasteiger partial charge in [-0.1, -0.05) is 35.9 Å². The number of para-hydroxylation sites is 1. The number of nitrogens with one attached hydrogen (secondary N) is 2. The minimum absolute atomic E-state index is 0.218. The average molecular weight is 341 g/mol. The van der Waals surface area contributed by atoms with Gasteiger partial charge in [0.25, 0.3) is 5.91 Å². The summed E-state index contributed by atoms with van der Waals surface area (Å²) in [6.45, 7) is 0. The van der Waals surface area contributed by atoms with Crippen LogP contribution in [0.15, 0.2) is 60.4 Å². The molecule has 0 unspecified atom stereocenters. The van der Waals surface area contributed by atoms with Crippen molar-refractivity contribution in [2.75, 3.05) is 0 Å². The molecule has 0 saturated heterocycles. The molecular weight excluding hydrogens is 328 g/mol. The van der Waals surface area contributed by atoms with E-state index in [-0.39, 0.29) is 11.3 Å². The number of aromatic nitrogens is 1.